The van der Waals surface area contributed by atoms with E-state index in [0.717, 1.165) is 45.1 Å². The molecule has 0 radical (unpaired) electrons. The summed E-state index contributed by atoms with van der Waals surface area (Å²) in [4.78, 5) is 13.7. The number of hydrogen-bond donors (Lipinski definition) is 0. The molecular weight excluding hydrogens is 685 g/mol. The van der Waals surface area contributed by atoms with E-state index in [9.17, 15) is 4.79 Å². The molecule has 0 N–H and O–H groups in total. The highest BCUT2D eigenvalue weighted by molar-refractivity contribution is 7.14. The molecule has 0 amide bonds. The molecule has 4 aromatic rings. The van der Waals surface area contributed by atoms with Crippen LogP contribution in [0.5, 0.6) is 5.06 Å². The molecule has 8 nitrogen and oxygen atoms in total. The molecular formula is C41H44O8S2. The molecule has 51 heavy (non-hydrogen) atoms. The van der Waals surface area contributed by atoms with Gasteiger partial charge in [-0.1, -0.05) is 47.2 Å². The molecule has 10 heteroatoms. The van der Waals surface area contributed by atoms with Crippen LogP contribution in [-0.2, 0) is 33.8 Å². The number of ether oxygens (including phenoxy) is 7. The van der Waals surface area contributed by atoms with Crippen molar-refractivity contribution in [2.24, 2.45) is 0 Å². The van der Waals surface area contributed by atoms with Gasteiger partial charge in [0.05, 0.1) is 74.6 Å². The van der Waals surface area contributed by atoms with Crippen LogP contribution in [0.25, 0.3) is 11.1 Å². The molecule has 0 atom stereocenters. The maximum Gasteiger partial charge on any atom is 0.174 e. The van der Waals surface area contributed by atoms with Gasteiger partial charge in [0.2, 0.25) is 0 Å². The van der Waals surface area contributed by atoms with Crippen LogP contribution in [0.15, 0.2) is 60.7 Å². The Balaban J connectivity index is 1.47. The number of rotatable bonds is 20. The first-order valence-corrected chi connectivity index (χ1v) is 18.5. The average molecular weight is 729 g/mol. The van der Waals surface area contributed by atoms with Crippen LogP contribution in [0.3, 0.4) is 0 Å². The van der Waals surface area contributed by atoms with Gasteiger partial charge in [-0.2, -0.15) is 0 Å². The fourth-order valence-electron chi connectivity index (χ4n) is 5.98. The lowest BCUT2D eigenvalue weighted by Gasteiger charge is -2.32. The number of thiophene rings is 2. The summed E-state index contributed by atoms with van der Waals surface area (Å²) in [5, 5.41) is 0.832. The van der Waals surface area contributed by atoms with Gasteiger partial charge in [-0.15, -0.1) is 11.3 Å². The van der Waals surface area contributed by atoms with E-state index >= 15 is 0 Å². The maximum absolute atomic E-state index is 11.2. The van der Waals surface area contributed by atoms with E-state index in [1.807, 2.05) is 18.2 Å². The zero-order valence-corrected chi connectivity index (χ0v) is 31.1. The van der Waals surface area contributed by atoms with Crippen LogP contribution in [0.2, 0.25) is 0 Å². The maximum atomic E-state index is 11.2. The molecule has 0 bridgehead atoms. The summed E-state index contributed by atoms with van der Waals surface area (Å²) in [6.07, 6.45) is 2.30. The highest BCUT2D eigenvalue weighted by Gasteiger charge is 2.43. The van der Waals surface area contributed by atoms with Crippen molar-refractivity contribution in [3.05, 3.63) is 97.5 Å². The quantitative estimate of drug-likeness (QED) is 0.0557. The minimum Gasteiger partial charge on any atom is -0.487 e. The van der Waals surface area contributed by atoms with Crippen LogP contribution in [0.4, 0.5) is 0 Å². The first kappa shape index (κ1) is 38.4. The molecule has 1 aliphatic rings. The smallest absolute Gasteiger partial charge is 0.174 e. The fourth-order valence-corrected chi connectivity index (χ4v) is 7.33. The Morgan fingerprint density at radius 3 is 1.53 bits per heavy atom. The topological polar surface area (TPSA) is 81.7 Å². The largest absolute Gasteiger partial charge is 0.487 e. The Morgan fingerprint density at radius 1 is 0.569 bits per heavy atom. The Bertz CT molecular complexity index is 1820. The van der Waals surface area contributed by atoms with Crippen molar-refractivity contribution in [3.8, 4) is 39.9 Å². The number of benzene rings is 2. The van der Waals surface area contributed by atoms with Gasteiger partial charge in [0.15, 0.2) is 11.3 Å². The summed E-state index contributed by atoms with van der Waals surface area (Å²) in [6.45, 7) is 5.18. The van der Waals surface area contributed by atoms with Crippen LogP contribution >= 0.6 is 22.7 Å². The first-order valence-electron chi connectivity index (χ1n) is 16.9. The predicted octanol–water partition coefficient (Wildman–Crippen LogP) is 6.84. The van der Waals surface area contributed by atoms with Gasteiger partial charge in [-0.25, -0.2) is 0 Å². The highest BCUT2D eigenvalue weighted by atomic mass is 32.1. The normalized spacial score (nSPS) is 12.4. The summed E-state index contributed by atoms with van der Waals surface area (Å²) in [6, 6.07) is 20.6. The molecule has 0 aliphatic heterocycles. The van der Waals surface area contributed by atoms with Gasteiger partial charge in [-0.3, -0.25) is 4.79 Å². The Morgan fingerprint density at radius 2 is 1.06 bits per heavy atom. The molecule has 268 valence electrons. The van der Waals surface area contributed by atoms with E-state index in [2.05, 4.69) is 60.1 Å². The third kappa shape index (κ3) is 10.6. The first-order chi connectivity index (χ1) is 25.1. The molecule has 0 saturated carbocycles. The number of aldehydes is 1. The van der Waals surface area contributed by atoms with Gasteiger partial charge < -0.3 is 33.2 Å². The number of carbonyl (C=O) groups excluding carboxylic acids is 1. The third-order valence-corrected chi connectivity index (χ3v) is 10.4. The molecule has 0 fully saturated rings. The van der Waals surface area contributed by atoms with Crippen molar-refractivity contribution in [3.63, 3.8) is 0 Å². The Kier molecular flexibility index (Phi) is 15.3. The van der Waals surface area contributed by atoms with Crippen LogP contribution in [-0.4, -0.2) is 93.7 Å². The minimum absolute atomic E-state index is 0.423. The summed E-state index contributed by atoms with van der Waals surface area (Å²) in [5.74, 6) is 13.3. The summed E-state index contributed by atoms with van der Waals surface area (Å²) < 4.78 is 39.2. The van der Waals surface area contributed by atoms with E-state index in [4.69, 9.17) is 33.2 Å². The summed E-state index contributed by atoms with van der Waals surface area (Å²) >= 11 is 2.91. The van der Waals surface area contributed by atoms with Crippen molar-refractivity contribution in [1.82, 2.24) is 0 Å². The number of fused-ring (bicyclic) bond motifs is 3. The highest BCUT2D eigenvalue weighted by Crippen LogP contribution is 2.53. The van der Waals surface area contributed by atoms with Crippen LogP contribution < -0.4 is 4.74 Å². The Labute approximate surface area is 308 Å². The van der Waals surface area contributed by atoms with Crippen molar-refractivity contribution in [1.29, 1.82) is 0 Å². The van der Waals surface area contributed by atoms with E-state index in [1.54, 1.807) is 27.4 Å². The molecule has 5 rings (SSSR count). The lowest BCUT2D eigenvalue weighted by Crippen LogP contribution is -2.30. The molecule has 1 aliphatic carbocycles. The van der Waals surface area contributed by atoms with Gasteiger partial charge in [0, 0.05) is 44.0 Å². The second-order valence-corrected chi connectivity index (χ2v) is 13.8. The number of hydrogen-bond acceptors (Lipinski definition) is 10. The molecule has 0 unspecified atom stereocenters. The van der Waals surface area contributed by atoms with E-state index in [1.165, 1.54) is 44.9 Å². The minimum atomic E-state index is -0.423. The van der Waals surface area contributed by atoms with Crippen LogP contribution in [0, 0.1) is 23.7 Å². The zero-order chi connectivity index (χ0) is 35.7. The van der Waals surface area contributed by atoms with Crippen molar-refractivity contribution in [2.75, 3.05) is 87.4 Å². The molecule has 0 spiro atoms. The van der Waals surface area contributed by atoms with Gasteiger partial charge in [0.1, 0.15) is 0 Å². The second-order valence-electron chi connectivity index (χ2n) is 11.7. The summed E-state index contributed by atoms with van der Waals surface area (Å²) in [7, 11) is 4.99. The average Bonchev–Trinajstić information content (AvgIpc) is 3.89. The molecule has 2 aromatic heterocycles. The van der Waals surface area contributed by atoms with Gasteiger partial charge in [-0.05, 0) is 83.6 Å². The van der Waals surface area contributed by atoms with E-state index in [0.29, 0.717) is 70.9 Å². The lowest BCUT2D eigenvalue weighted by atomic mass is 9.72. The Hall–Kier alpha value is -3.81. The second kappa shape index (κ2) is 20.3. The van der Waals surface area contributed by atoms with Gasteiger partial charge >= 0.3 is 0 Å². The molecule has 0 saturated heterocycles. The predicted molar refractivity (Wildman–Crippen MR) is 201 cm³/mol. The summed E-state index contributed by atoms with van der Waals surface area (Å²) in [5.41, 5.74) is 6.15. The zero-order valence-electron chi connectivity index (χ0n) is 29.4. The number of methoxy groups -OCH3 is 3. The third-order valence-electron chi connectivity index (χ3n) is 8.50. The van der Waals surface area contributed by atoms with Crippen molar-refractivity contribution >= 4 is 29.0 Å². The fraction of sp³-hybridized carbons (Fsp3) is 0.390. The number of carbonyl (C=O) groups is 1. The lowest BCUT2D eigenvalue weighted by molar-refractivity contribution is 0.0145. The molecule has 2 aromatic carbocycles. The van der Waals surface area contributed by atoms with Gasteiger partial charge in [0.25, 0.3) is 0 Å². The SMILES string of the molecule is COCCOCCOCCC1(CCOCCOCCOC)c2cc(C#Cc3ccc(C=O)s3)ccc2-c2ccc(C#Cc3ccc(OC)s3)cc21. The van der Waals surface area contributed by atoms with E-state index in [-0.39, 0.29) is 0 Å². The van der Waals surface area contributed by atoms with E-state index < -0.39 is 5.41 Å². The standard InChI is InChI=1S/C41H44O8S2/c1-43-20-22-48-26-24-46-18-16-41(17-19-47-25-27-49-23-21-44-2)38-28-31(4-8-33-10-11-35(30-42)50-33)6-13-36(38)37-14-7-32(29-39(37)41)5-9-34-12-15-40(45-3)51-34/h6-7,10-15,28-30H,16-27H2,1-3H3. The van der Waals surface area contributed by atoms with Crippen LogP contribution in [0.1, 0.15) is 54.5 Å². The van der Waals surface area contributed by atoms with Crippen molar-refractivity contribution in [2.45, 2.75) is 18.3 Å². The monoisotopic (exact) mass is 728 g/mol. The van der Waals surface area contributed by atoms with Crippen molar-refractivity contribution < 1.29 is 38.0 Å². The molecule has 2 heterocycles.